The van der Waals surface area contributed by atoms with Crippen LogP contribution in [0, 0.1) is 5.82 Å². The normalized spacial score (nSPS) is 17.6. The van der Waals surface area contributed by atoms with E-state index in [9.17, 15) is 9.50 Å². The third kappa shape index (κ3) is 3.43. The molecule has 2 N–H and O–H groups in total. The Hall–Kier alpha value is -2.44. The number of fused-ring (bicyclic) bond motifs is 1. The minimum atomic E-state index is -0.528. The molecule has 1 aromatic heterocycles. The van der Waals surface area contributed by atoms with Crippen molar-refractivity contribution < 1.29 is 14.2 Å². The smallest absolute Gasteiger partial charge is 0.144 e. The van der Waals surface area contributed by atoms with E-state index in [0.29, 0.717) is 16.9 Å². The second-order valence-corrected chi connectivity index (χ2v) is 6.86. The molecule has 0 saturated carbocycles. The van der Waals surface area contributed by atoms with E-state index in [1.54, 1.807) is 18.2 Å². The molecular weight excluding hydrogens is 333 g/mol. The Balaban J connectivity index is 1.70. The van der Waals surface area contributed by atoms with Crippen molar-refractivity contribution in [2.75, 3.05) is 20.1 Å². The van der Waals surface area contributed by atoms with Gasteiger partial charge in [-0.25, -0.2) is 9.37 Å². The van der Waals surface area contributed by atoms with Gasteiger partial charge in [0.15, 0.2) is 0 Å². The molecule has 0 spiro atoms. The van der Waals surface area contributed by atoms with Crippen molar-refractivity contribution in [3.8, 4) is 5.75 Å². The number of aromatic nitrogens is 2. The summed E-state index contributed by atoms with van der Waals surface area (Å²) in [6.45, 7) is 1.95. The predicted octanol–water partition coefficient (Wildman–Crippen LogP) is 3.61. The molecule has 1 fully saturated rings. The van der Waals surface area contributed by atoms with Gasteiger partial charge in [-0.05, 0) is 38.1 Å². The highest BCUT2D eigenvalue weighted by Gasteiger charge is 2.27. The van der Waals surface area contributed by atoms with Crippen LogP contribution in [0.3, 0.4) is 0 Å². The Bertz CT molecular complexity index is 903. The number of halogens is 1. The van der Waals surface area contributed by atoms with E-state index in [-0.39, 0.29) is 17.7 Å². The van der Waals surface area contributed by atoms with Crippen LogP contribution >= 0.6 is 0 Å². The van der Waals surface area contributed by atoms with Crippen molar-refractivity contribution >= 4 is 11.0 Å². The molecule has 0 radical (unpaired) electrons. The quantitative estimate of drug-likeness (QED) is 0.751. The standard InChI is InChI=1S/C20H22FN3O2/c1-24-10-8-14(9-11-24)26-19(15-4-2-3-5-18(15)25)20-22-16-7-6-13(21)12-17(16)23-20/h2-7,12,14,19,25H,8-11H2,1H3,(H,22,23)/t19-/m1/s1. The molecule has 0 amide bonds. The number of aromatic amines is 1. The van der Waals surface area contributed by atoms with Crippen LogP contribution in [-0.2, 0) is 4.74 Å². The number of para-hydroxylation sites is 1. The zero-order valence-electron chi connectivity index (χ0n) is 14.7. The van der Waals surface area contributed by atoms with E-state index in [4.69, 9.17) is 4.74 Å². The van der Waals surface area contributed by atoms with E-state index >= 15 is 0 Å². The van der Waals surface area contributed by atoms with Crippen LogP contribution in [0.25, 0.3) is 11.0 Å². The topological polar surface area (TPSA) is 61.4 Å². The summed E-state index contributed by atoms with van der Waals surface area (Å²) in [7, 11) is 2.10. The summed E-state index contributed by atoms with van der Waals surface area (Å²) in [5, 5.41) is 10.3. The van der Waals surface area contributed by atoms with Crippen LogP contribution in [0.15, 0.2) is 42.5 Å². The van der Waals surface area contributed by atoms with E-state index in [2.05, 4.69) is 21.9 Å². The van der Waals surface area contributed by atoms with E-state index in [1.165, 1.54) is 12.1 Å². The molecule has 6 heteroatoms. The molecule has 0 unspecified atom stereocenters. The Morgan fingerprint density at radius 2 is 2.00 bits per heavy atom. The first-order chi connectivity index (χ1) is 12.6. The van der Waals surface area contributed by atoms with E-state index < -0.39 is 6.10 Å². The molecule has 0 bridgehead atoms. The van der Waals surface area contributed by atoms with Gasteiger partial charge in [-0.3, -0.25) is 0 Å². The number of phenols is 1. The van der Waals surface area contributed by atoms with Gasteiger partial charge in [0.25, 0.3) is 0 Å². The summed E-state index contributed by atoms with van der Waals surface area (Å²) in [4.78, 5) is 10.0. The zero-order chi connectivity index (χ0) is 18.1. The maximum atomic E-state index is 13.5. The number of nitrogens with one attached hydrogen (secondary N) is 1. The predicted molar refractivity (Wildman–Crippen MR) is 97.6 cm³/mol. The van der Waals surface area contributed by atoms with Crippen LogP contribution in [0.2, 0.25) is 0 Å². The summed E-state index contributed by atoms with van der Waals surface area (Å²) in [6.07, 6.45) is 1.41. The summed E-state index contributed by atoms with van der Waals surface area (Å²) < 4.78 is 19.9. The molecular formula is C20H22FN3O2. The number of benzene rings is 2. The number of ether oxygens (including phenoxy) is 1. The first-order valence-corrected chi connectivity index (χ1v) is 8.87. The third-order valence-electron chi connectivity index (χ3n) is 4.93. The average Bonchev–Trinajstić information content (AvgIpc) is 3.05. The molecule has 4 rings (SSSR count). The molecule has 1 aliphatic heterocycles. The third-order valence-corrected chi connectivity index (χ3v) is 4.93. The number of hydrogen-bond donors (Lipinski definition) is 2. The van der Waals surface area contributed by atoms with Gasteiger partial charge in [-0.1, -0.05) is 18.2 Å². The Morgan fingerprint density at radius 1 is 1.23 bits per heavy atom. The summed E-state index contributed by atoms with van der Waals surface area (Å²) >= 11 is 0. The molecule has 3 aromatic rings. The van der Waals surface area contributed by atoms with E-state index in [0.717, 1.165) is 31.4 Å². The molecule has 2 aromatic carbocycles. The van der Waals surface area contributed by atoms with Gasteiger partial charge in [0.05, 0.1) is 17.1 Å². The highest BCUT2D eigenvalue weighted by atomic mass is 19.1. The van der Waals surface area contributed by atoms with Crippen molar-refractivity contribution in [2.24, 2.45) is 0 Å². The number of likely N-dealkylation sites (tertiary alicyclic amines) is 1. The fraction of sp³-hybridized carbons (Fsp3) is 0.350. The molecule has 136 valence electrons. The number of hydrogen-bond acceptors (Lipinski definition) is 4. The van der Waals surface area contributed by atoms with Crippen LogP contribution in [-0.4, -0.2) is 46.2 Å². The van der Waals surface area contributed by atoms with Gasteiger partial charge in [-0.2, -0.15) is 0 Å². The Labute approximate surface area is 151 Å². The van der Waals surface area contributed by atoms with Crippen LogP contribution in [0.4, 0.5) is 4.39 Å². The molecule has 5 nitrogen and oxygen atoms in total. The van der Waals surface area contributed by atoms with Gasteiger partial charge >= 0.3 is 0 Å². The fourth-order valence-corrected chi connectivity index (χ4v) is 3.43. The minimum absolute atomic E-state index is 0.0840. The highest BCUT2D eigenvalue weighted by molar-refractivity contribution is 5.75. The maximum Gasteiger partial charge on any atom is 0.144 e. The molecule has 1 aliphatic rings. The van der Waals surface area contributed by atoms with Gasteiger partial charge in [0.2, 0.25) is 0 Å². The molecule has 0 aliphatic carbocycles. The van der Waals surface area contributed by atoms with Crippen molar-refractivity contribution in [3.63, 3.8) is 0 Å². The Kier molecular flexibility index (Phi) is 4.61. The van der Waals surface area contributed by atoms with Crippen LogP contribution < -0.4 is 0 Å². The lowest BCUT2D eigenvalue weighted by molar-refractivity contribution is -0.0271. The van der Waals surface area contributed by atoms with Crippen LogP contribution in [0.1, 0.15) is 30.3 Å². The number of nitrogens with zero attached hydrogens (tertiary/aromatic N) is 2. The fourth-order valence-electron chi connectivity index (χ4n) is 3.43. The monoisotopic (exact) mass is 355 g/mol. The first kappa shape index (κ1) is 17.0. The lowest BCUT2D eigenvalue weighted by atomic mass is 10.0. The van der Waals surface area contributed by atoms with Crippen molar-refractivity contribution in [1.29, 1.82) is 0 Å². The molecule has 26 heavy (non-hydrogen) atoms. The summed E-state index contributed by atoms with van der Waals surface area (Å²) in [5.41, 5.74) is 1.95. The van der Waals surface area contributed by atoms with E-state index in [1.807, 2.05) is 12.1 Å². The lowest BCUT2D eigenvalue weighted by Crippen LogP contribution is -2.35. The Morgan fingerprint density at radius 3 is 2.77 bits per heavy atom. The molecule has 1 saturated heterocycles. The lowest BCUT2D eigenvalue weighted by Gasteiger charge is -2.31. The number of imidazole rings is 1. The summed E-state index contributed by atoms with van der Waals surface area (Å²) in [6, 6.07) is 11.6. The molecule has 1 atom stereocenters. The number of aromatic hydroxyl groups is 1. The summed E-state index contributed by atoms with van der Waals surface area (Å²) in [5.74, 6) is 0.411. The second-order valence-electron chi connectivity index (χ2n) is 6.86. The zero-order valence-corrected chi connectivity index (χ0v) is 14.7. The van der Waals surface area contributed by atoms with Gasteiger partial charge < -0.3 is 19.7 Å². The van der Waals surface area contributed by atoms with Crippen molar-refractivity contribution in [2.45, 2.75) is 25.0 Å². The van der Waals surface area contributed by atoms with Gasteiger partial charge in [0, 0.05) is 24.7 Å². The number of piperidine rings is 1. The van der Waals surface area contributed by atoms with Crippen molar-refractivity contribution in [3.05, 3.63) is 59.7 Å². The van der Waals surface area contributed by atoms with Crippen LogP contribution in [0.5, 0.6) is 5.75 Å². The highest BCUT2D eigenvalue weighted by Crippen LogP contribution is 2.34. The average molecular weight is 355 g/mol. The largest absolute Gasteiger partial charge is 0.508 e. The SMILES string of the molecule is CN1CCC(O[C@@H](c2nc3cc(F)ccc3[nH]2)c2ccccc2O)CC1. The number of phenolic OH excluding ortho intramolecular Hbond substituents is 1. The minimum Gasteiger partial charge on any atom is -0.508 e. The first-order valence-electron chi connectivity index (χ1n) is 8.87. The number of rotatable bonds is 4. The van der Waals surface area contributed by atoms with Gasteiger partial charge in [-0.15, -0.1) is 0 Å². The maximum absolute atomic E-state index is 13.5. The number of H-pyrrole nitrogens is 1. The van der Waals surface area contributed by atoms with Gasteiger partial charge in [0.1, 0.15) is 23.5 Å². The molecule has 2 heterocycles. The van der Waals surface area contributed by atoms with Crippen molar-refractivity contribution in [1.82, 2.24) is 14.9 Å². The second kappa shape index (κ2) is 7.05.